The smallest absolute Gasteiger partial charge is 0.0667 e. The lowest BCUT2D eigenvalue weighted by Gasteiger charge is -2.35. The minimum absolute atomic E-state index is 0.127. The lowest BCUT2D eigenvalue weighted by atomic mass is 10.0. The fraction of sp³-hybridized carbons (Fsp3) is 1.00. The van der Waals surface area contributed by atoms with Gasteiger partial charge >= 0.3 is 0 Å². The molecule has 0 aromatic rings. The maximum absolute atomic E-state index is 9.41. The summed E-state index contributed by atoms with van der Waals surface area (Å²) in [5.41, 5.74) is 0. The molecule has 1 rings (SSSR count). The van der Waals surface area contributed by atoms with E-state index in [2.05, 4.69) is 11.8 Å². The van der Waals surface area contributed by atoms with Crippen LogP contribution in [0.4, 0.5) is 0 Å². The number of hydrogen-bond donors (Lipinski definition) is 1. The van der Waals surface area contributed by atoms with Crippen molar-refractivity contribution >= 4 is 0 Å². The van der Waals surface area contributed by atoms with Crippen molar-refractivity contribution in [2.24, 2.45) is 0 Å². The summed E-state index contributed by atoms with van der Waals surface area (Å²) in [6.45, 7) is 4.72. The lowest BCUT2D eigenvalue weighted by molar-refractivity contribution is 0.0265. The summed E-state index contributed by atoms with van der Waals surface area (Å²) in [5.74, 6) is 0. The molecule has 3 heteroatoms. The quantitative estimate of drug-likeness (QED) is 0.673. The molecule has 2 atom stereocenters. The zero-order chi connectivity index (χ0) is 8.97. The van der Waals surface area contributed by atoms with E-state index in [9.17, 15) is 5.11 Å². The van der Waals surface area contributed by atoms with E-state index in [1.54, 1.807) is 7.11 Å². The summed E-state index contributed by atoms with van der Waals surface area (Å²) in [4.78, 5) is 2.29. The van der Waals surface area contributed by atoms with Crippen LogP contribution in [0.2, 0.25) is 0 Å². The first-order valence-electron chi connectivity index (χ1n) is 4.65. The molecule has 3 nitrogen and oxygen atoms in total. The number of piperidine rings is 1. The minimum atomic E-state index is -0.127. The van der Waals surface area contributed by atoms with Gasteiger partial charge in [0.25, 0.3) is 0 Å². The zero-order valence-corrected chi connectivity index (χ0v) is 7.99. The van der Waals surface area contributed by atoms with Crippen molar-refractivity contribution < 1.29 is 9.84 Å². The summed E-state index contributed by atoms with van der Waals surface area (Å²) in [6, 6.07) is 0.601. The molecular formula is C9H19NO2. The van der Waals surface area contributed by atoms with Crippen LogP contribution in [0.3, 0.4) is 0 Å². The van der Waals surface area contributed by atoms with Crippen LogP contribution in [0.5, 0.6) is 0 Å². The Balaban J connectivity index is 2.28. The van der Waals surface area contributed by atoms with Gasteiger partial charge in [-0.15, -0.1) is 0 Å². The highest BCUT2D eigenvalue weighted by Gasteiger charge is 2.22. The highest BCUT2D eigenvalue weighted by Crippen LogP contribution is 2.16. The van der Waals surface area contributed by atoms with Crippen molar-refractivity contribution in [1.29, 1.82) is 0 Å². The second-order valence-corrected chi connectivity index (χ2v) is 3.57. The van der Waals surface area contributed by atoms with Crippen molar-refractivity contribution in [2.75, 3.05) is 26.8 Å². The fourth-order valence-corrected chi connectivity index (χ4v) is 1.68. The molecule has 1 saturated heterocycles. The molecule has 72 valence electrons. The third kappa shape index (κ3) is 2.73. The van der Waals surface area contributed by atoms with E-state index in [1.165, 1.54) is 0 Å². The van der Waals surface area contributed by atoms with Gasteiger partial charge in [0, 0.05) is 26.2 Å². The first kappa shape index (κ1) is 9.96. The van der Waals surface area contributed by atoms with Gasteiger partial charge in [-0.05, 0) is 19.8 Å². The van der Waals surface area contributed by atoms with Crippen LogP contribution < -0.4 is 0 Å². The standard InChI is InChI=1S/C9H19NO2/c1-8-3-4-9(11)7-10(8)5-6-12-2/h8-9,11H,3-7H2,1-2H3/t8-,9-/m1/s1. The molecule has 1 fully saturated rings. The number of nitrogens with zero attached hydrogens (tertiary/aromatic N) is 1. The predicted molar refractivity (Wildman–Crippen MR) is 48.2 cm³/mol. The van der Waals surface area contributed by atoms with E-state index in [0.717, 1.165) is 32.5 Å². The van der Waals surface area contributed by atoms with Gasteiger partial charge in [0.05, 0.1) is 12.7 Å². The Labute approximate surface area is 74.3 Å². The number of ether oxygens (including phenoxy) is 1. The van der Waals surface area contributed by atoms with Crippen molar-refractivity contribution in [3.8, 4) is 0 Å². The average molecular weight is 173 g/mol. The van der Waals surface area contributed by atoms with Gasteiger partial charge in [0.2, 0.25) is 0 Å². The number of likely N-dealkylation sites (tertiary alicyclic amines) is 1. The van der Waals surface area contributed by atoms with Crippen molar-refractivity contribution in [2.45, 2.75) is 31.9 Å². The molecule has 0 radical (unpaired) electrons. The molecule has 0 aromatic heterocycles. The Morgan fingerprint density at radius 3 is 2.92 bits per heavy atom. The molecule has 0 bridgehead atoms. The van der Waals surface area contributed by atoms with E-state index in [1.807, 2.05) is 0 Å². The summed E-state index contributed by atoms with van der Waals surface area (Å²) in [5, 5.41) is 9.41. The number of aliphatic hydroxyl groups excluding tert-OH is 1. The summed E-state index contributed by atoms with van der Waals surface area (Å²) in [6.07, 6.45) is 1.92. The van der Waals surface area contributed by atoms with E-state index >= 15 is 0 Å². The van der Waals surface area contributed by atoms with Gasteiger partial charge in [-0.3, -0.25) is 4.90 Å². The second kappa shape index (κ2) is 4.80. The third-order valence-corrected chi connectivity index (χ3v) is 2.57. The first-order chi connectivity index (χ1) is 5.74. The number of aliphatic hydroxyl groups is 1. The molecule has 0 saturated carbocycles. The van der Waals surface area contributed by atoms with Crippen LogP contribution in [-0.4, -0.2) is 49.0 Å². The number of hydrogen-bond acceptors (Lipinski definition) is 3. The van der Waals surface area contributed by atoms with Crippen LogP contribution >= 0.6 is 0 Å². The minimum Gasteiger partial charge on any atom is -0.392 e. The fourth-order valence-electron chi connectivity index (χ4n) is 1.68. The molecule has 0 unspecified atom stereocenters. The monoisotopic (exact) mass is 173 g/mol. The summed E-state index contributed by atoms with van der Waals surface area (Å²) < 4.78 is 5.00. The van der Waals surface area contributed by atoms with Gasteiger partial charge in [0.1, 0.15) is 0 Å². The first-order valence-corrected chi connectivity index (χ1v) is 4.65. The molecule has 0 spiro atoms. The third-order valence-electron chi connectivity index (χ3n) is 2.57. The largest absolute Gasteiger partial charge is 0.392 e. The van der Waals surface area contributed by atoms with Gasteiger partial charge in [-0.2, -0.15) is 0 Å². The maximum atomic E-state index is 9.41. The Bertz CT molecular complexity index is 130. The van der Waals surface area contributed by atoms with E-state index in [4.69, 9.17) is 4.74 Å². The van der Waals surface area contributed by atoms with Crippen LogP contribution in [-0.2, 0) is 4.74 Å². The van der Waals surface area contributed by atoms with E-state index in [0.29, 0.717) is 6.04 Å². The molecule has 0 amide bonds. The summed E-state index contributed by atoms with van der Waals surface area (Å²) in [7, 11) is 1.71. The van der Waals surface area contributed by atoms with E-state index < -0.39 is 0 Å². The normalized spacial score (nSPS) is 32.2. The Hall–Kier alpha value is -0.120. The van der Waals surface area contributed by atoms with E-state index in [-0.39, 0.29) is 6.10 Å². The highest BCUT2D eigenvalue weighted by molar-refractivity contribution is 4.77. The van der Waals surface area contributed by atoms with Gasteiger partial charge in [0.15, 0.2) is 0 Å². The Morgan fingerprint density at radius 1 is 1.50 bits per heavy atom. The SMILES string of the molecule is COCCN1C[C@H](O)CC[C@H]1C. The van der Waals surface area contributed by atoms with Crippen LogP contribution in [0, 0.1) is 0 Å². The predicted octanol–water partition coefficient (Wildman–Crippen LogP) is 0.478. The highest BCUT2D eigenvalue weighted by atomic mass is 16.5. The Morgan fingerprint density at radius 2 is 2.25 bits per heavy atom. The molecular weight excluding hydrogens is 154 g/mol. The van der Waals surface area contributed by atoms with Gasteiger partial charge < -0.3 is 9.84 Å². The zero-order valence-electron chi connectivity index (χ0n) is 7.99. The number of rotatable bonds is 3. The Kier molecular flexibility index (Phi) is 3.98. The maximum Gasteiger partial charge on any atom is 0.0667 e. The topological polar surface area (TPSA) is 32.7 Å². The number of β-amino-alcohol motifs (C(OH)–C–C–N with tert-alkyl or cyclic N) is 1. The molecule has 0 aliphatic carbocycles. The van der Waals surface area contributed by atoms with Crippen LogP contribution in [0.1, 0.15) is 19.8 Å². The molecule has 1 aliphatic rings. The summed E-state index contributed by atoms with van der Waals surface area (Å²) >= 11 is 0. The molecule has 1 N–H and O–H groups in total. The van der Waals surface area contributed by atoms with Crippen molar-refractivity contribution in [3.63, 3.8) is 0 Å². The molecule has 1 heterocycles. The van der Waals surface area contributed by atoms with Crippen molar-refractivity contribution in [1.82, 2.24) is 4.90 Å². The average Bonchev–Trinajstić information content (AvgIpc) is 2.07. The van der Waals surface area contributed by atoms with Crippen molar-refractivity contribution in [3.05, 3.63) is 0 Å². The lowest BCUT2D eigenvalue weighted by Crippen LogP contribution is -2.45. The van der Waals surface area contributed by atoms with Gasteiger partial charge in [-0.1, -0.05) is 0 Å². The molecule has 1 aliphatic heterocycles. The van der Waals surface area contributed by atoms with Gasteiger partial charge in [-0.25, -0.2) is 0 Å². The number of methoxy groups -OCH3 is 1. The van der Waals surface area contributed by atoms with Crippen LogP contribution in [0.25, 0.3) is 0 Å². The van der Waals surface area contributed by atoms with Crippen LogP contribution in [0.15, 0.2) is 0 Å². The second-order valence-electron chi connectivity index (χ2n) is 3.57. The molecule has 12 heavy (non-hydrogen) atoms. The molecule has 0 aromatic carbocycles.